The van der Waals surface area contributed by atoms with Crippen LogP contribution in [0.15, 0.2) is 78.9 Å². The first-order valence-electron chi connectivity index (χ1n) is 13.7. The van der Waals surface area contributed by atoms with Gasteiger partial charge in [0.2, 0.25) is 18.6 Å². The number of carbonyl (C=O) groups is 4. The van der Waals surface area contributed by atoms with E-state index < -0.39 is 41.9 Å². The minimum Gasteiger partial charge on any atom is -0.454 e. The second kappa shape index (κ2) is 11.5. The number of carbonyl (C=O) groups excluding carboxylic acids is 4. The van der Waals surface area contributed by atoms with Crippen LogP contribution in [0.2, 0.25) is 0 Å². The summed E-state index contributed by atoms with van der Waals surface area (Å²) >= 11 is 0. The zero-order chi connectivity index (χ0) is 29.2. The Kier molecular flexibility index (Phi) is 7.43. The molecule has 2 atom stereocenters. The summed E-state index contributed by atoms with van der Waals surface area (Å²) in [5, 5.41) is 2.94. The Labute approximate surface area is 241 Å². The molecule has 9 nitrogen and oxygen atoms in total. The van der Waals surface area contributed by atoms with Gasteiger partial charge in [-0.3, -0.25) is 24.1 Å². The molecule has 1 N–H and O–H groups in total. The molecule has 3 amide bonds. The van der Waals surface area contributed by atoms with Crippen molar-refractivity contribution in [3.8, 4) is 11.5 Å². The van der Waals surface area contributed by atoms with Crippen LogP contribution in [0.3, 0.4) is 0 Å². The van der Waals surface area contributed by atoms with Crippen LogP contribution in [0, 0.1) is 11.7 Å². The van der Waals surface area contributed by atoms with Crippen LogP contribution >= 0.6 is 0 Å². The molecule has 0 fully saturated rings. The second-order valence-corrected chi connectivity index (χ2v) is 10.4. The third kappa shape index (κ3) is 5.35. The molecule has 0 unspecified atom stereocenters. The molecule has 214 valence electrons. The SMILES string of the molecule is O=C1C(=O)N(CC(=O)N(Cc2ccc(F)cc2)[C@@H](C(=O)Nc2ccc3c(c2)OCO3)[C@H]2CC=CCC2)c2ccccc21. The minimum atomic E-state index is -0.929. The van der Waals surface area contributed by atoms with E-state index in [0.29, 0.717) is 41.3 Å². The smallest absolute Gasteiger partial charge is 0.299 e. The number of rotatable bonds is 8. The summed E-state index contributed by atoms with van der Waals surface area (Å²) in [5.41, 5.74) is 1.67. The molecule has 1 aliphatic carbocycles. The highest BCUT2D eigenvalue weighted by atomic mass is 19.1. The van der Waals surface area contributed by atoms with Crippen LogP contribution in [-0.4, -0.2) is 47.8 Å². The summed E-state index contributed by atoms with van der Waals surface area (Å²) in [7, 11) is 0. The van der Waals surface area contributed by atoms with Crippen LogP contribution in [0.25, 0.3) is 0 Å². The fourth-order valence-electron chi connectivity index (χ4n) is 5.66. The lowest BCUT2D eigenvalue weighted by atomic mass is 9.85. The van der Waals surface area contributed by atoms with E-state index >= 15 is 0 Å². The fourth-order valence-corrected chi connectivity index (χ4v) is 5.66. The average molecular weight is 570 g/mol. The Morgan fingerprint density at radius 2 is 1.79 bits per heavy atom. The molecule has 2 aliphatic heterocycles. The lowest BCUT2D eigenvalue weighted by molar-refractivity contribution is -0.140. The number of ether oxygens (including phenoxy) is 2. The first-order chi connectivity index (χ1) is 20.4. The van der Waals surface area contributed by atoms with Crippen LogP contribution in [0.1, 0.15) is 35.2 Å². The maximum absolute atomic E-state index is 14.1. The summed E-state index contributed by atoms with van der Waals surface area (Å²) in [6.07, 6.45) is 6.00. The first kappa shape index (κ1) is 27.2. The largest absolute Gasteiger partial charge is 0.454 e. The fraction of sp³-hybridized carbons (Fsp3) is 0.250. The molecule has 42 heavy (non-hydrogen) atoms. The van der Waals surface area contributed by atoms with Crippen molar-refractivity contribution in [3.05, 3.63) is 95.8 Å². The Morgan fingerprint density at radius 1 is 1.00 bits per heavy atom. The van der Waals surface area contributed by atoms with Gasteiger partial charge in [0.25, 0.3) is 11.7 Å². The summed E-state index contributed by atoms with van der Waals surface area (Å²) in [6.45, 7) is -0.347. The van der Waals surface area contributed by atoms with Gasteiger partial charge in [-0.2, -0.15) is 0 Å². The van der Waals surface area contributed by atoms with Crippen molar-refractivity contribution in [2.24, 2.45) is 5.92 Å². The highest BCUT2D eigenvalue weighted by molar-refractivity contribution is 6.52. The van der Waals surface area contributed by atoms with Crippen LogP contribution in [0.5, 0.6) is 11.5 Å². The van der Waals surface area contributed by atoms with E-state index in [4.69, 9.17) is 9.47 Å². The number of fused-ring (bicyclic) bond motifs is 2. The minimum absolute atomic E-state index is 0.00379. The summed E-state index contributed by atoms with van der Waals surface area (Å²) < 4.78 is 24.6. The van der Waals surface area contributed by atoms with E-state index in [1.54, 1.807) is 54.6 Å². The van der Waals surface area contributed by atoms with Gasteiger partial charge in [0, 0.05) is 18.3 Å². The van der Waals surface area contributed by atoms with E-state index in [1.165, 1.54) is 17.0 Å². The van der Waals surface area contributed by atoms with Gasteiger partial charge < -0.3 is 19.7 Å². The monoisotopic (exact) mass is 569 g/mol. The summed E-state index contributed by atoms with van der Waals surface area (Å²) in [5.74, 6) is -1.99. The topological polar surface area (TPSA) is 105 Å². The van der Waals surface area contributed by atoms with Crippen molar-refractivity contribution in [2.75, 3.05) is 23.6 Å². The molecule has 0 aromatic heterocycles. The number of nitrogens with one attached hydrogen (secondary N) is 1. The molecule has 0 saturated carbocycles. The number of halogens is 1. The molecule has 0 bridgehead atoms. The predicted molar refractivity (Wildman–Crippen MR) is 152 cm³/mol. The normalized spacial score (nSPS) is 17.6. The van der Waals surface area contributed by atoms with E-state index in [0.717, 1.165) is 11.3 Å². The molecule has 3 aromatic rings. The number of benzene rings is 3. The van der Waals surface area contributed by atoms with Crippen LogP contribution < -0.4 is 19.7 Å². The Hall–Kier alpha value is -4.99. The molecule has 0 spiro atoms. The number of anilines is 2. The number of Topliss-reactive ketones (excluding diaryl/α,β-unsaturated/α-hetero) is 1. The lowest BCUT2D eigenvalue weighted by Crippen LogP contribution is -2.54. The van der Waals surface area contributed by atoms with E-state index in [9.17, 15) is 23.6 Å². The van der Waals surface area contributed by atoms with Gasteiger partial charge in [-0.25, -0.2) is 4.39 Å². The van der Waals surface area contributed by atoms with Crippen LogP contribution in [0.4, 0.5) is 15.8 Å². The number of ketones is 1. The molecule has 10 heteroatoms. The van der Waals surface area contributed by atoms with Gasteiger partial charge in [0.15, 0.2) is 11.5 Å². The standard InChI is InChI=1S/C32H28FN3O6/c33-22-12-10-20(11-13-22)17-36(28(37)18-35-25-9-5-4-8-24(25)30(38)32(35)40)29(21-6-2-1-3-7-21)31(39)34-23-14-15-26-27(16-23)42-19-41-26/h1-2,4-5,8-16,21,29H,3,6-7,17-19H2,(H,34,39)/t21-,29+/m0/s1. The van der Waals surface area contributed by atoms with Gasteiger partial charge in [-0.05, 0) is 67.1 Å². The molecular formula is C32H28FN3O6. The molecule has 0 radical (unpaired) electrons. The van der Waals surface area contributed by atoms with Gasteiger partial charge >= 0.3 is 0 Å². The van der Waals surface area contributed by atoms with Gasteiger partial charge in [-0.15, -0.1) is 0 Å². The zero-order valence-electron chi connectivity index (χ0n) is 22.6. The number of nitrogens with zero attached hydrogens (tertiary/aromatic N) is 2. The average Bonchev–Trinajstić information content (AvgIpc) is 3.57. The highest BCUT2D eigenvalue weighted by Gasteiger charge is 2.41. The lowest BCUT2D eigenvalue weighted by Gasteiger charge is -2.37. The highest BCUT2D eigenvalue weighted by Crippen LogP contribution is 2.35. The number of allylic oxidation sites excluding steroid dienone is 2. The van der Waals surface area contributed by atoms with E-state index in [2.05, 4.69) is 5.32 Å². The van der Waals surface area contributed by atoms with Crippen molar-refractivity contribution in [1.82, 2.24) is 4.90 Å². The van der Waals surface area contributed by atoms with Crippen molar-refractivity contribution in [1.29, 1.82) is 0 Å². The van der Waals surface area contributed by atoms with E-state index in [1.807, 2.05) is 12.2 Å². The zero-order valence-corrected chi connectivity index (χ0v) is 22.6. The molecule has 2 heterocycles. The van der Waals surface area contributed by atoms with E-state index in [-0.39, 0.29) is 24.8 Å². The molecule has 3 aromatic carbocycles. The molecule has 0 saturated heterocycles. The van der Waals surface area contributed by atoms with Gasteiger partial charge in [0.1, 0.15) is 18.4 Å². The second-order valence-electron chi connectivity index (χ2n) is 10.4. The quantitative estimate of drug-likeness (QED) is 0.317. The number of hydrogen-bond donors (Lipinski definition) is 1. The van der Waals surface area contributed by atoms with Crippen molar-refractivity contribution < 1.29 is 33.0 Å². The van der Waals surface area contributed by atoms with Crippen molar-refractivity contribution in [2.45, 2.75) is 31.8 Å². The third-order valence-electron chi connectivity index (χ3n) is 7.76. The molecule has 3 aliphatic rings. The Balaban J connectivity index is 1.34. The first-order valence-corrected chi connectivity index (χ1v) is 13.7. The van der Waals surface area contributed by atoms with Gasteiger partial charge in [-0.1, -0.05) is 36.4 Å². The van der Waals surface area contributed by atoms with Gasteiger partial charge in [0.05, 0.1) is 11.3 Å². The summed E-state index contributed by atoms with van der Waals surface area (Å²) in [4.78, 5) is 56.3. The van der Waals surface area contributed by atoms with Crippen molar-refractivity contribution >= 4 is 34.9 Å². The number of hydrogen-bond acceptors (Lipinski definition) is 6. The Bertz CT molecular complexity index is 1590. The molecule has 6 rings (SSSR count). The number of para-hydroxylation sites is 1. The molecular weight excluding hydrogens is 541 g/mol. The maximum atomic E-state index is 14.1. The predicted octanol–water partition coefficient (Wildman–Crippen LogP) is 4.48. The Morgan fingerprint density at radius 3 is 2.57 bits per heavy atom. The maximum Gasteiger partial charge on any atom is 0.299 e. The van der Waals surface area contributed by atoms with Crippen LogP contribution in [-0.2, 0) is 20.9 Å². The summed E-state index contributed by atoms with van der Waals surface area (Å²) in [6, 6.07) is 16.3. The van der Waals surface area contributed by atoms with Crippen molar-refractivity contribution in [3.63, 3.8) is 0 Å². The number of amides is 3. The third-order valence-corrected chi connectivity index (χ3v) is 7.76.